The Morgan fingerprint density at radius 3 is 2.62 bits per heavy atom. The molecule has 1 aromatic carbocycles. The molecular weight excluding hydrogens is 346 g/mol. The molecule has 126 valence electrons. The molecule has 0 amide bonds. The first-order chi connectivity index (χ1) is 11.5. The Hall–Kier alpha value is -1.89. The lowest BCUT2D eigenvalue weighted by molar-refractivity contribution is 0.580. The van der Waals surface area contributed by atoms with Crippen molar-refractivity contribution >= 4 is 27.3 Å². The van der Waals surface area contributed by atoms with Gasteiger partial charge in [-0.2, -0.15) is 0 Å². The fourth-order valence-corrected chi connectivity index (χ4v) is 3.67. The summed E-state index contributed by atoms with van der Waals surface area (Å²) < 4.78 is 28.6. The van der Waals surface area contributed by atoms with Crippen LogP contribution in [0.25, 0.3) is 5.65 Å². The summed E-state index contributed by atoms with van der Waals surface area (Å²) in [4.78, 5) is 4.44. The van der Waals surface area contributed by atoms with Gasteiger partial charge in [-0.15, -0.1) is 0 Å². The number of benzene rings is 1. The second kappa shape index (κ2) is 7.34. The summed E-state index contributed by atoms with van der Waals surface area (Å²) >= 11 is 5.94. The molecule has 0 aliphatic carbocycles. The highest BCUT2D eigenvalue weighted by Gasteiger charge is 2.10. The van der Waals surface area contributed by atoms with Gasteiger partial charge in [0.1, 0.15) is 5.65 Å². The van der Waals surface area contributed by atoms with E-state index in [2.05, 4.69) is 9.71 Å². The SMILES string of the molecule is O=S(=O)(CCc1ccccc1)NCCc1cn2cc(Cl)ccc2n1. The first-order valence-electron chi connectivity index (χ1n) is 7.66. The topological polar surface area (TPSA) is 63.5 Å². The summed E-state index contributed by atoms with van der Waals surface area (Å²) in [5.74, 6) is 0.0811. The molecule has 0 atom stereocenters. The highest BCUT2D eigenvalue weighted by Crippen LogP contribution is 2.12. The molecule has 3 aromatic rings. The van der Waals surface area contributed by atoms with Crippen LogP contribution in [0.4, 0.5) is 0 Å². The molecule has 0 saturated carbocycles. The minimum absolute atomic E-state index is 0.0811. The number of aromatic nitrogens is 2. The Morgan fingerprint density at radius 1 is 1.04 bits per heavy atom. The van der Waals surface area contributed by atoms with Crippen LogP contribution in [-0.2, 0) is 22.9 Å². The molecule has 0 fully saturated rings. The van der Waals surface area contributed by atoms with Crippen molar-refractivity contribution in [2.24, 2.45) is 0 Å². The normalized spacial score (nSPS) is 11.9. The van der Waals surface area contributed by atoms with Gasteiger partial charge in [0.25, 0.3) is 0 Å². The van der Waals surface area contributed by atoms with Gasteiger partial charge >= 0.3 is 0 Å². The van der Waals surface area contributed by atoms with E-state index in [9.17, 15) is 8.42 Å². The van der Waals surface area contributed by atoms with E-state index in [-0.39, 0.29) is 5.75 Å². The fourth-order valence-electron chi connectivity index (χ4n) is 2.44. The zero-order valence-corrected chi connectivity index (χ0v) is 14.6. The highest BCUT2D eigenvalue weighted by atomic mass is 35.5. The molecule has 0 spiro atoms. The molecule has 0 saturated heterocycles. The summed E-state index contributed by atoms with van der Waals surface area (Å²) in [6.45, 7) is 0.328. The van der Waals surface area contributed by atoms with Crippen LogP contribution in [0.2, 0.25) is 5.02 Å². The Bertz CT molecular complexity index is 923. The zero-order valence-electron chi connectivity index (χ0n) is 13.0. The lowest BCUT2D eigenvalue weighted by Gasteiger charge is -2.06. The molecule has 2 aromatic heterocycles. The lowest BCUT2D eigenvalue weighted by atomic mass is 10.2. The zero-order chi connectivity index (χ0) is 17.0. The number of nitrogens with zero attached hydrogens (tertiary/aromatic N) is 2. The molecule has 1 N–H and O–H groups in total. The van der Waals surface area contributed by atoms with E-state index in [1.165, 1.54) is 0 Å². The number of pyridine rings is 1. The number of hydrogen-bond acceptors (Lipinski definition) is 3. The number of rotatable bonds is 7. The Balaban J connectivity index is 1.52. The predicted octanol–water partition coefficient (Wildman–Crippen LogP) is 2.69. The third kappa shape index (κ3) is 4.56. The molecule has 0 aliphatic heterocycles. The maximum absolute atomic E-state index is 12.1. The van der Waals surface area contributed by atoms with Gasteiger partial charge in [-0.1, -0.05) is 41.9 Å². The number of aryl methyl sites for hydroxylation is 1. The smallest absolute Gasteiger partial charge is 0.211 e. The van der Waals surface area contributed by atoms with Crippen LogP contribution in [0.15, 0.2) is 54.9 Å². The molecule has 7 heteroatoms. The largest absolute Gasteiger partial charge is 0.305 e. The molecule has 2 heterocycles. The molecule has 0 aliphatic rings. The van der Waals surface area contributed by atoms with Crippen LogP contribution in [-0.4, -0.2) is 30.1 Å². The fraction of sp³-hybridized carbons (Fsp3) is 0.235. The van der Waals surface area contributed by atoms with Crippen LogP contribution < -0.4 is 4.72 Å². The van der Waals surface area contributed by atoms with Crippen LogP contribution in [0.3, 0.4) is 0 Å². The van der Waals surface area contributed by atoms with Crippen LogP contribution in [0, 0.1) is 0 Å². The van der Waals surface area contributed by atoms with Gasteiger partial charge in [-0.25, -0.2) is 18.1 Å². The van der Waals surface area contributed by atoms with Crippen molar-refractivity contribution in [2.75, 3.05) is 12.3 Å². The van der Waals surface area contributed by atoms with E-state index in [0.29, 0.717) is 24.4 Å². The van der Waals surface area contributed by atoms with Crippen molar-refractivity contribution in [2.45, 2.75) is 12.8 Å². The minimum Gasteiger partial charge on any atom is -0.305 e. The molecule has 24 heavy (non-hydrogen) atoms. The van der Waals surface area contributed by atoms with Crippen LogP contribution >= 0.6 is 11.6 Å². The van der Waals surface area contributed by atoms with E-state index in [1.54, 1.807) is 12.3 Å². The van der Waals surface area contributed by atoms with Gasteiger partial charge < -0.3 is 4.40 Å². The van der Waals surface area contributed by atoms with Gasteiger partial charge in [0.05, 0.1) is 16.5 Å². The van der Waals surface area contributed by atoms with Crippen molar-refractivity contribution in [1.29, 1.82) is 0 Å². The summed E-state index contributed by atoms with van der Waals surface area (Å²) in [6, 6.07) is 13.2. The van der Waals surface area contributed by atoms with E-state index >= 15 is 0 Å². The highest BCUT2D eigenvalue weighted by molar-refractivity contribution is 7.89. The van der Waals surface area contributed by atoms with Crippen molar-refractivity contribution in [3.05, 3.63) is 71.1 Å². The molecule has 0 unspecified atom stereocenters. The third-order valence-electron chi connectivity index (χ3n) is 3.67. The number of fused-ring (bicyclic) bond motifs is 1. The minimum atomic E-state index is -3.29. The average molecular weight is 364 g/mol. The summed E-state index contributed by atoms with van der Waals surface area (Å²) in [6.07, 6.45) is 4.67. The Kier molecular flexibility index (Phi) is 5.18. The van der Waals surface area contributed by atoms with Gasteiger partial charge in [-0.3, -0.25) is 0 Å². The monoisotopic (exact) mass is 363 g/mol. The van der Waals surface area contributed by atoms with Crippen molar-refractivity contribution in [3.63, 3.8) is 0 Å². The van der Waals surface area contributed by atoms with E-state index < -0.39 is 10.0 Å². The standard InChI is InChI=1S/C17H18ClN3O2S/c18-15-6-7-17-20-16(13-21(17)12-15)8-10-19-24(22,23)11-9-14-4-2-1-3-5-14/h1-7,12-13,19H,8-11H2. The molecule has 5 nitrogen and oxygen atoms in total. The predicted molar refractivity (Wildman–Crippen MR) is 95.8 cm³/mol. The molecular formula is C17H18ClN3O2S. The van der Waals surface area contributed by atoms with Crippen molar-refractivity contribution in [1.82, 2.24) is 14.1 Å². The lowest BCUT2D eigenvalue weighted by Crippen LogP contribution is -2.29. The summed E-state index contributed by atoms with van der Waals surface area (Å²) in [5, 5.41) is 0.632. The van der Waals surface area contributed by atoms with Crippen LogP contribution in [0.1, 0.15) is 11.3 Å². The quantitative estimate of drug-likeness (QED) is 0.702. The maximum atomic E-state index is 12.1. The number of nitrogens with one attached hydrogen (secondary N) is 1. The van der Waals surface area contributed by atoms with Gasteiger partial charge in [0.2, 0.25) is 10.0 Å². The average Bonchev–Trinajstić information content (AvgIpc) is 2.95. The van der Waals surface area contributed by atoms with E-state index in [1.807, 2.05) is 47.0 Å². The summed E-state index contributed by atoms with van der Waals surface area (Å²) in [5.41, 5.74) is 2.63. The van der Waals surface area contributed by atoms with Crippen LogP contribution in [0.5, 0.6) is 0 Å². The first-order valence-corrected chi connectivity index (χ1v) is 9.69. The Morgan fingerprint density at radius 2 is 1.83 bits per heavy atom. The second-order valence-corrected chi connectivity index (χ2v) is 7.91. The van der Waals surface area contributed by atoms with Gasteiger partial charge in [0, 0.05) is 25.4 Å². The number of sulfonamides is 1. The molecule has 0 radical (unpaired) electrons. The van der Waals surface area contributed by atoms with E-state index in [0.717, 1.165) is 16.9 Å². The maximum Gasteiger partial charge on any atom is 0.211 e. The van der Waals surface area contributed by atoms with Crippen molar-refractivity contribution < 1.29 is 8.42 Å². The number of halogens is 1. The Labute approximate surface area is 146 Å². The molecule has 3 rings (SSSR count). The van der Waals surface area contributed by atoms with Gasteiger partial charge in [0.15, 0.2) is 0 Å². The van der Waals surface area contributed by atoms with Crippen molar-refractivity contribution in [3.8, 4) is 0 Å². The number of imidazole rings is 1. The molecule has 0 bridgehead atoms. The van der Waals surface area contributed by atoms with Gasteiger partial charge in [-0.05, 0) is 24.1 Å². The first kappa shape index (κ1) is 17.0. The second-order valence-electron chi connectivity index (χ2n) is 5.54. The van der Waals surface area contributed by atoms with E-state index in [4.69, 9.17) is 11.6 Å². The summed E-state index contributed by atoms with van der Waals surface area (Å²) in [7, 11) is -3.29. The third-order valence-corrected chi connectivity index (χ3v) is 5.28. The number of hydrogen-bond donors (Lipinski definition) is 1.